The van der Waals surface area contributed by atoms with Crippen molar-refractivity contribution in [2.24, 2.45) is 12.8 Å². The molecule has 0 radical (unpaired) electrons. The third-order valence-electron chi connectivity index (χ3n) is 2.38. The lowest BCUT2D eigenvalue weighted by atomic mass is 10.1. The van der Waals surface area contributed by atoms with Gasteiger partial charge in [0.1, 0.15) is 0 Å². The zero-order chi connectivity index (χ0) is 13.0. The minimum Gasteiger partial charge on any atom is -0.320 e. The van der Waals surface area contributed by atoms with Crippen molar-refractivity contribution in [2.45, 2.75) is 12.5 Å². The molecule has 18 heavy (non-hydrogen) atoms. The quantitative estimate of drug-likeness (QED) is 0.773. The molecule has 0 saturated heterocycles. The molecule has 1 amide bonds. The Morgan fingerprint density at radius 2 is 2.17 bits per heavy atom. The average Bonchev–Trinajstić information content (AvgIpc) is 2.76. The fourth-order valence-corrected chi connectivity index (χ4v) is 1.50. The van der Waals surface area contributed by atoms with E-state index in [0.717, 1.165) is 5.56 Å². The molecule has 1 aromatic carbocycles. The average molecular weight is 246 g/mol. The van der Waals surface area contributed by atoms with Crippen LogP contribution < -0.4 is 11.1 Å². The molecule has 94 valence electrons. The fraction of sp³-hybridized carbons (Fsp3) is 0.273. The zero-order valence-corrected chi connectivity index (χ0v) is 9.95. The van der Waals surface area contributed by atoms with Gasteiger partial charge in [0.05, 0.1) is 13.1 Å². The lowest BCUT2D eigenvalue weighted by molar-refractivity contribution is -0.117. The SMILES string of the molecule is Cn1nnc(NC(=O)[C@@H](N)Cc2ccccc2)n1. The Morgan fingerprint density at radius 1 is 1.44 bits per heavy atom. The number of nitrogens with two attached hydrogens (primary N) is 1. The van der Waals surface area contributed by atoms with Gasteiger partial charge >= 0.3 is 0 Å². The number of benzene rings is 1. The molecule has 0 saturated carbocycles. The number of hydrogen-bond acceptors (Lipinski definition) is 5. The van der Waals surface area contributed by atoms with Crippen molar-refractivity contribution in [3.63, 3.8) is 0 Å². The molecule has 0 bridgehead atoms. The minimum absolute atomic E-state index is 0.158. The molecular formula is C11H14N6O. The van der Waals surface area contributed by atoms with Crippen LogP contribution in [0.5, 0.6) is 0 Å². The second kappa shape index (κ2) is 5.37. The normalized spacial score (nSPS) is 12.1. The van der Waals surface area contributed by atoms with Crippen molar-refractivity contribution in [3.05, 3.63) is 35.9 Å². The first-order chi connectivity index (χ1) is 8.65. The summed E-state index contributed by atoms with van der Waals surface area (Å²) in [7, 11) is 1.62. The van der Waals surface area contributed by atoms with E-state index in [1.807, 2.05) is 30.3 Å². The monoisotopic (exact) mass is 246 g/mol. The van der Waals surface area contributed by atoms with Crippen LogP contribution in [-0.2, 0) is 18.3 Å². The lowest BCUT2D eigenvalue weighted by Gasteiger charge is -2.09. The third kappa shape index (κ3) is 3.11. The number of nitrogens with one attached hydrogen (secondary N) is 1. The molecule has 2 rings (SSSR count). The molecule has 0 unspecified atom stereocenters. The molecular weight excluding hydrogens is 232 g/mol. The third-order valence-corrected chi connectivity index (χ3v) is 2.38. The van der Waals surface area contributed by atoms with Gasteiger partial charge in [0, 0.05) is 0 Å². The van der Waals surface area contributed by atoms with E-state index in [-0.39, 0.29) is 11.9 Å². The van der Waals surface area contributed by atoms with Crippen molar-refractivity contribution in [1.29, 1.82) is 0 Å². The van der Waals surface area contributed by atoms with Crippen molar-refractivity contribution in [2.75, 3.05) is 5.32 Å². The first-order valence-corrected chi connectivity index (χ1v) is 5.49. The number of carbonyl (C=O) groups excluding carboxylic acids is 1. The highest BCUT2D eigenvalue weighted by Gasteiger charge is 2.15. The Hall–Kier alpha value is -2.28. The molecule has 1 heterocycles. The second-order valence-electron chi connectivity index (χ2n) is 3.89. The van der Waals surface area contributed by atoms with Crippen LogP contribution in [0.1, 0.15) is 5.56 Å². The molecule has 7 heteroatoms. The number of anilines is 1. The number of hydrogen-bond donors (Lipinski definition) is 2. The minimum atomic E-state index is -0.642. The van der Waals surface area contributed by atoms with Crippen LogP contribution in [0, 0.1) is 0 Å². The maximum atomic E-state index is 11.8. The van der Waals surface area contributed by atoms with E-state index in [9.17, 15) is 4.79 Å². The molecule has 1 atom stereocenters. The number of rotatable bonds is 4. The zero-order valence-electron chi connectivity index (χ0n) is 9.95. The molecule has 0 fully saturated rings. The standard InChI is InChI=1S/C11H14N6O/c1-17-15-11(14-16-17)13-10(18)9(12)7-8-5-3-2-4-6-8/h2-6,9H,7,12H2,1H3,(H,13,15,18)/t9-/m0/s1. The van der Waals surface area contributed by atoms with Crippen LogP contribution in [0.15, 0.2) is 30.3 Å². The van der Waals surface area contributed by atoms with Gasteiger partial charge in [-0.3, -0.25) is 10.1 Å². The maximum Gasteiger partial charge on any atom is 0.270 e. The van der Waals surface area contributed by atoms with Gasteiger partial charge in [-0.1, -0.05) is 35.4 Å². The fourth-order valence-electron chi connectivity index (χ4n) is 1.50. The predicted molar refractivity (Wildman–Crippen MR) is 65.5 cm³/mol. The van der Waals surface area contributed by atoms with Crippen molar-refractivity contribution in [3.8, 4) is 0 Å². The summed E-state index contributed by atoms with van der Waals surface area (Å²) in [5.74, 6) is -0.169. The van der Waals surface area contributed by atoms with Gasteiger partial charge in [-0.15, -0.1) is 5.10 Å². The Labute approximate surface area is 104 Å². The Bertz CT molecular complexity index is 523. The summed E-state index contributed by atoms with van der Waals surface area (Å²) in [5, 5.41) is 13.6. The smallest absolute Gasteiger partial charge is 0.270 e. The number of nitrogens with zero attached hydrogens (tertiary/aromatic N) is 4. The predicted octanol–water partition coefficient (Wildman–Crippen LogP) is -0.281. The van der Waals surface area contributed by atoms with Crippen LogP contribution in [0.3, 0.4) is 0 Å². The highest BCUT2D eigenvalue weighted by atomic mass is 16.2. The molecule has 2 aromatic rings. The van der Waals surface area contributed by atoms with Gasteiger partial charge in [0.15, 0.2) is 0 Å². The molecule has 7 nitrogen and oxygen atoms in total. The molecule has 3 N–H and O–H groups in total. The van der Waals surface area contributed by atoms with Crippen molar-refractivity contribution < 1.29 is 4.79 Å². The topological polar surface area (TPSA) is 98.7 Å². The molecule has 0 spiro atoms. The number of carbonyl (C=O) groups is 1. The number of tetrazole rings is 1. The van der Waals surface area contributed by atoms with Gasteiger partial charge in [-0.05, 0) is 17.2 Å². The Morgan fingerprint density at radius 3 is 2.78 bits per heavy atom. The van der Waals surface area contributed by atoms with Gasteiger partial charge < -0.3 is 5.73 Å². The molecule has 1 aromatic heterocycles. The number of aromatic nitrogens is 4. The molecule has 0 aliphatic carbocycles. The van der Waals surface area contributed by atoms with Crippen LogP contribution in [0.25, 0.3) is 0 Å². The number of amides is 1. The first-order valence-electron chi connectivity index (χ1n) is 5.49. The van der Waals surface area contributed by atoms with Gasteiger partial charge in [-0.2, -0.15) is 4.80 Å². The van der Waals surface area contributed by atoms with Crippen LogP contribution in [0.2, 0.25) is 0 Å². The van der Waals surface area contributed by atoms with E-state index >= 15 is 0 Å². The summed E-state index contributed by atoms with van der Waals surface area (Å²) in [6, 6.07) is 8.94. The summed E-state index contributed by atoms with van der Waals surface area (Å²) >= 11 is 0. The van der Waals surface area contributed by atoms with Crippen LogP contribution in [0.4, 0.5) is 5.95 Å². The molecule has 0 aliphatic rings. The summed E-state index contributed by atoms with van der Waals surface area (Å²) in [6.45, 7) is 0. The Balaban J connectivity index is 1.93. The van der Waals surface area contributed by atoms with Crippen LogP contribution in [-0.4, -0.2) is 32.2 Å². The van der Waals surface area contributed by atoms with Crippen molar-refractivity contribution in [1.82, 2.24) is 20.2 Å². The summed E-state index contributed by atoms with van der Waals surface area (Å²) in [5.41, 5.74) is 6.82. The van der Waals surface area contributed by atoms with E-state index in [2.05, 4.69) is 20.7 Å². The summed E-state index contributed by atoms with van der Waals surface area (Å²) < 4.78 is 0. The second-order valence-corrected chi connectivity index (χ2v) is 3.89. The van der Waals surface area contributed by atoms with E-state index in [4.69, 9.17) is 5.73 Å². The molecule has 0 aliphatic heterocycles. The van der Waals surface area contributed by atoms with Crippen LogP contribution >= 0.6 is 0 Å². The first kappa shape index (κ1) is 12.2. The maximum absolute atomic E-state index is 11.8. The summed E-state index contributed by atoms with van der Waals surface area (Å²) in [4.78, 5) is 13.0. The summed E-state index contributed by atoms with van der Waals surface area (Å²) in [6.07, 6.45) is 0.465. The van der Waals surface area contributed by atoms with Gasteiger partial charge in [0.2, 0.25) is 5.91 Å². The van der Waals surface area contributed by atoms with Crippen molar-refractivity contribution >= 4 is 11.9 Å². The van der Waals surface area contributed by atoms with Gasteiger partial charge in [-0.25, -0.2) is 0 Å². The van der Waals surface area contributed by atoms with Gasteiger partial charge in [0.25, 0.3) is 5.95 Å². The van der Waals surface area contributed by atoms with E-state index in [1.54, 1.807) is 7.05 Å². The van der Waals surface area contributed by atoms with E-state index < -0.39 is 6.04 Å². The van der Waals surface area contributed by atoms with E-state index in [0.29, 0.717) is 6.42 Å². The highest BCUT2D eigenvalue weighted by molar-refractivity contribution is 5.93. The largest absolute Gasteiger partial charge is 0.320 e. The highest BCUT2D eigenvalue weighted by Crippen LogP contribution is 2.03. The Kier molecular flexibility index (Phi) is 3.63. The number of aryl methyl sites for hydroxylation is 1. The van der Waals surface area contributed by atoms with E-state index in [1.165, 1.54) is 4.80 Å². The lowest BCUT2D eigenvalue weighted by Crippen LogP contribution is -2.37.